The van der Waals surface area contributed by atoms with Crippen LogP contribution < -0.4 is 10.1 Å². The van der Waals surface area contributed by atoms with Crippen LogP contribution in [0.2, 0.25) is 0 Å². The fourth-order valence-electron chi connectivity index (χ4n) is 3.44. The van der Waals surface area contributed by atoms with Gasteiger partial charge in [0.05, 0.1) is 13.2 Å². The quantitative estimate of drug-likeness (QED) is 0.365. The van der Waals surface area contributed by atoms with E-state index in [4.69, 9.17) is 4.74 Å². The minimum absolute atomic E-state index is 0.0773. The molecule has 1 unspecified atom stereocenters. The third-order valence-electron chi connectivity index (χ3n) is 4.97. The molecule has 3 heteroatoms. The second kappa shape index (κ2) is 10.4. The first kappa shape index (κ1) is 21.4. The van der Waals surface area contributed by atoms with Gasteiger partial charge in [0.1, 0.15) is 5.75 Å². The molecule has 0 saturated carbocycles. The Balaban J connectivity index is 1.92. The number of hydrogen-bond donors (Lipinski definition) is 1. The zero-order chi connectivity index (χ0) is 21.3. The second-order valence-electron chi connectivity index (χ2n) is 7.76. The Kier molecular flexibility index (Phi) is 7.45. The zero-order valence-electron chi connectivity index (χ0n) is 17.8. The fourth-order valence-corrected chi connectivity index (χ4v) is 3.44. The molecule has 0 aromatic heterocycles. The van der Waals surface area contributed by atoms with Gasteiger partial charge in [-0.25, -0.2) is 0 Å². The molecule has 1 atom stereocenters. The van der Waals surface area contributed by atoms with Crippen LogP contribution in [0.1, 0.15) is 43.0 Å². The van der Waals surface area contributed by atoms with Crippen molar-refractivity contribution in [2.45, 2.75) is 26.3 Å². The Labute approximate surface area is 179 Å². The van der Waals surface area contributed by atoms with Crippen molar-refractivity contribution >= 4 is 17.6 Å². The molecule has 154 valence electrons. The number of nitrogens with one attached hydrogen (secondary N) is 1. The summed E-state index contributed by atoms with van der Waals surface area (Å²) in [7, 11) is 1.66. The predicted molar refractivity (Wildman–Crippen MR) is 124 cm³/mol. The molecule has 0 saturated heterocycles. The minimum Gasteiger partial charge on any atom is -0.497 e. The SMILES string of the molecule is COc1ccc(C(CC(C)C)NC(=O)/C(=C/c2ccccc2)c2ccccc2)cc1. The topological polar surface area (TPSA) is 38.3 Å². The molecule has 0 aliphatic rings. The summed E-state index contributed by atoms with van der Waals surface area (Å²) in [4.78, 5) is 13.4. The van der Waals surface area contributed by atoms with E-state index in [1.165, 1.54) is 0 Å². The van der Waals surface area contributed by atoms with Crippen LogP contribution in [0.4, 0.5) is 0 Å². The van der Waals surface area contributed by atoms with E-state index in [2.05, 4.69) is 19.2 Å². The van der Waals surface area contributed by atoms with Crippen LogP contribution in [0, 0.1) is 5.92 Å². The summed E-state index contributed by atoms with van der Waals surface area (Å²) in [5, 5.41) is 3.27. The van der Waals surface area contributed by atoms with Crippen molar-refractivity contribution in [2.75, 3.05) is 7.11 Å². The van der Waals surface area contributed by atoms with Gasteiger partial charge in [0.2, 0.25) is 0 Å². The predicted octanol–water partition coefficient (Wildman–Crippen LogP) is 6.14. The number of hydrogen-bond acceptors (Lipinski definition) is 2. The number of carbonyl (C=O) groups is 1. The first-order valence-electron chi connectivity index (χ1n) is 10.3. The highest BCUT2D eigenvalue weighted by Gasteiger charge is 2.20. The molecule has 0 spiro atoms. The normalized spacial score (nSPS) is 12.5. The van der Waals surface area contributed by atoms with E-state index >= 15 is 0 Å². The summed E-state index contributed by atoms with van der Waals surface area (Å²) < 4.78 is 5.28. The molecule has 0 radical (unpaired) electrons. The van der Waals surface area contributed by atoms with Crippen LogP contribution >= 0.6 is 0 Å². The van der Waals surface area contributed by atoms with Gasteiger partial charge < -0.3 is 10.1 Å². The van der Waals surface area contributed by atoms with Crippen molar-refractivity contribution < 1.29 is 9.53 Å². The first-order valence-corrected chi connectivity index (χ1v) is 10.3. The third-order valence-corrected chi connectivity index (χ3v) is 4.97. The van der Waals surface area contributed by atoms with Gasteiger partial charge in [-0.1, -0.05) is 86.6 Å². The summed E-state index contributed by atoms with van der Waals surface area (Å²) in [6, 6.07) is 27.6. The molecule has 1 amide bonds. The van der Waals surface area contributed by atoms with Crippen LogP contribution in [0.3, 0.4) is 0 Å². The lowest BCUT2D eigenvalue weighted by atomic mass is 9.95. The summed E-state index contributed by atoms with van der Waals surface area (Å²) in [5.41, 5.74) is 3.63. The maximum Gasteiger partial charge on any atom is 0.252 e. The van der Waals surface area contributed by atoms with Gasteiger partial charge in [-0.05, 0) is 47.2 Å². The summed E-state index contributed by atoms with van der Waals surface area (Å²) >= 11 is 0. The van der Waals surface area contributed by atoms with Crippen LogP contribution in [0.15, 0.2) is 84.9 Å². The maximum atomic E-state index is 13.4. The van der Waals surface area contributed by atoms with E-state index < -0.39 is 0 Å². The summed E-state index contributed by atoms with van der Waals surface area (Å²) in [6.45, 7) is 4.33. The smallest absolute Gasteiger partial charge is 0.252 e. The largest absolute Gasteiger partial charge is 0.497 e. The Morgan fingerprint density at radius 1 is 0.900 bits per heavy atom. The molecule has 0 aliphatic carbocycles. The third kappa shape index (κ3) is 5.84. The van der Waals surface area contributed by atoms with Crippen LogP contribution in [-0.2, 0) is 4.79 Å². The Morgan fingerprint density at radius 3 is 2.07 bits per heavy atom. The molecule has 3 aromatic carbocycles. The molecule has 0 bridgehead atoms. The molecule has 1 N–H and O–H groups in total. The monoisotopic (exact) mass is 399 g/mol. The average Bonchev–Trinajstić information content (AvgIpc) is 2.78. The minimum atomic E-state index is -0.0775. The molecule has 3 rings (SSSR count). The summed E-state index contributed by atoms with van der Waals surface area (Å²) in [6.07, 6.45) is 2.80. The van der Waals surface area contributed by atoms with Gasteiger partial charge in [0, 0.05) is 5.57 Å². The zero-order valence-corrected chi connectivity index (χ0v) is 17.8. The molecule has 3 nitrogen and oxygen atoms in total. The molecular weight excluding hydrogens is 370 g/mol. The fraction of sp³-hybridized carbons (Fsp3) is 0.222. The molecule has 0 fully saturated rings. The van der Waals surface area contributed by atoms with Crippen molar-refractivity contribution in [3.8, 4) is 5.75 Å². The van der Waals surface area contributed by atoms with Crippen LogP contribution in [-0.4, -0.2) is 13.0 Å². The summed E-state index contributed by atoms with van der Waals surface area (Å²) in [5.74, 6) is 1.17. The highest BCUT2D eigenvalue weighted by Crippen LogP contribution is 2.26. The number of rotatable bonds is 8. The number of carbonyl (C=O) groups excluding carboxylic acids is 1. The van der Waals surface area contributed by atoms with Crippen molar-refractivity contribution in [3.63, 3.8) is 0 Å². The molecule has 30 heavy (non-hydrogen) atoms. The van der Waals surface area contributed by atoms with E-state index in [0.717, 1.165) is 28.9 Å². The van der Waals surface area contributed by atoms with Crippen LogP contribution in [0.25, 0.3) is 11.6 Å². The van der Waals surface area contributed by atoms with Crippen molar-refractivity contribution in [1.82, 2.24) is 5.32 Å². The molecule has 0 heterocycles. The van der Waals surface area contributed by atoms with Gasteiger partial charge in [-0.15, -0.1) is 0 Å². The lowest BCUT2D eigenvalue weighted by molar-refractivity contribution is -0.116. The number of amides is 1. The highest BCUT2D eigenvalue weighted by atomic mass is 16.5. The molecular formula is C27H29NO2. The maximum absolute atomic E-state index is 13.4. The van der Waals surface area contributed by atoms with Crippen molar-refractivity contribution in [3.05, 3.63) is 102 Å². The van der Waals surface area contributed by atoms with E-state index in [-0.39, 0.29) is 11.9 Å². The van der Waals surface area contributed by atoms with Crippen molar-refractivity contribution in [2.24, 2.45) is 5.92 Å². The average molecular weight is 400 g/mol. The lowest BCUT2D eigenvalue weighted by Crippen LogP contribution is -2.30. The lowest BCUT2D eigenvalue weighted by Gasteiger charge is -2.22. The van der Waals surface area contributed by atoms with Crippen LogP contribution in [0.5, 0.6) is 5.75 Å². The number of methoxy groups -OCH3 is 1. The van der Waals surface area contributed by atoms with E-state index in [1.54, 1.807) is 7.11 Å². The Hall–Kier alpha value is -3.33. The van der Waals surface area contributed by atoms with Gasteiger partial charge >= 0.3 is 0 Å². The van der Waals surface area contributed by atoms with Gasteiger partial charge in [-0.3, -0.25) is 4.79 Å². The molecule has 3 aromatic rings. The Morgan fingerprint density at radius 2 is 1.50 bits per heavy atom. The van der Waals surface area contributed by atoms with Gasteiger partial charge in [0.15, 0.2) is 0 Å². The van der Waals surface area contributed by atoms with E-state index in [9.17, 15) is 4.79 Å². The van der Waals surface area contributed by atoms with E-state index in [0.29, 0.717) is 11.5 Å². The van der Waals surface area contributed by atoms with Crippen molar-refractivity contribution in [1.29, 1.82) is 0 Å². The van der Waals surface area contributed by atoms with Gasteiger partial charge in [0.25, 0.3) is 5.91 Å². The second-order valence-corrected chi connectivity index (χ2v) is 7.76. The number of ether oxygens (including phenoxy) is 1. The standard InChI is InChI=1S/C27H29NO2/c1-20(2)18-26(23-14-16-24(30-3)17-15-23)28-27(29)25(22-12-8-5-9-13-22)19-21-10-6-4-7-11-21/h4-17,19-20,26H,18H2,1-3H3,(H,28,29)/b25-19+. The molecule has 0 aliphatic heterocycles. The van der Waals surface area contributed by atoms with Gasteiger partial charge in [-0.2, -0.15) is 0 Å². The first-order chi connectivity index (χ1) is 14.6. The Bertz CT molecular complexity index is 961. The van der Waals surface area contributed by atoms with E-state index in [1.807, 2.05) is 91.0 Å². The highest BCUT2D eigenvalue weighted by molar-refractivity contribution is 6.24. The number of benzene rings is 3.